The van der Waals surface area contributed by atoms with Gasteiger partial charge in [0.1, 0.15) is 0 Å². The van der Waals surface area contributed by atoms with Crippen molar-refractivity contribution in [2.75, 3.05) is 6.54 Å². The van der Waals surface area contributed by atoms with Gasteiger partial charge in [-0.2, -0.15) is 5.10 Å². The molecule has 4 heterocycles. The van der Waals surface area contributed by atoms with Crippen LogP contribution in [-0.2, 0) is 0 Å². The summed E-state index contributed by atoms with van der Waals surface area (Å²) in [6.07, 6.45) is 7.73. The fourth-order valence-electron chi connectivity index (χ4n) is 3.55. The first-order chi connectivity index (χ1) is 14.7. The fraction of sp³-hybridized carbons (Fsp3) is 0.304. The summed E-state index contributed by atoms with van der Waals surface area (Å²) in [5.41, 5.74) is 3.85. The molecule has 7 heteroatoms. The number of hydrogen-bond donors (Lipinski definition) is 1. The van der Waals surface area contributed by atoms with Crippen LogP contribution in [0.5, 0.6) is 0 Å². The molecule has 0 spiro atoms. The lowest BCUT2D eigenvalue weighted by Gasteiger charge is -2.14. The first-order valence-electron chi connectivity index (χ1n) is 10.3. The predicted octanol–water partition coefficient (Wildman–Crippen LogP) is 4.87. The molecule has 0 aliphatic carbocycles. The molecule has 4 aromatic heterocycles. The molecular weight excluding hydrogens is 394 g/mol. The van der Waals surface area contributed by atoms with E-state index in [0.717, 1.165) is 41.2 Å². The Bertz CT molecular complexity index is 1140. The molecule has 0 aliphatic rings. The molecule has 0 unspecified atom stereocenters. The molecule has 0 aromatic carbocycles. The first kappa shape index (κ1) is 20.4. The summed E-state index contributed by atoms with van der Waals surface area (Å²) in [6, 6.07) is 10.0. The third kappa shape index (κ3) is 4.32. The maximum absolute atomic E-state index is 12.8. The van der Waals surface area contributed by atoms with Gasteiger partial charge in [0.15, 0.2) is 11.4 Å². The summed E-state index contributed by atoms with van der Waals surface area (Å²) in [4.78, 5) is 23.2. The SMILES string of the molecule is CCN[C@@H](CC)CCC(=O)c1ccnc(-c2cnn3ccc(-c4cccs4)nc23)c1. The van der Waals surface area contributed by atoms with E-state index in [-0.39, 0.29) is 5.78 Å². The monoisotopic (exact) mass is 419 g/mol. The summed E-state index contributed by atoms with van der Waals surface area (Å²) >= 11 is 1.65. The second-order valence-corrected chi connectivity index (χ2v) is 8.12. The normalized spacial score (nSPS) is 12.3. The van der Waals surface area contributed by atoms with Gasteiger partial charge in [-0.05, 0) is 49.0 Å². The summed E-state index contributed by atoms with van der Waals surface area (Å²) in [7, 11) is 0. The van der Waals surface area contributed by atoms with Crippen LogP contribution in [0.2, 0.25) is 0 Å². The minimum Gasteiger partial charge on any atom is -0.314 e. The van der Waals surface area contributed by atoms with E-state index in [2.05, 4.69) is 29.2 Å². The van der Waals surface area contributed by atoms with E-state index in [0.29, 0.717) is 23.7 Å². The Hall–Kier alpha value is -2.90. The number of nitrogens with one attached hydrogen (secondary N) is 1. The van der Waals surface area contributed by atoms with Gasteiger partial charge in [-0.25, -0.2) is 9.50 Å². The molecule has 6 nitrogen and oxygen atoms in total. The van der Waals surface area contributed by atoms with Gasteiger partial charge in [0.05, 0.1) is 28.0 Å². The number of ketones is 1. The third-order valence-corrected chi connectivity index (χ3v) is 6.10. The number of pyridine rings is 1. The van der Waals surface area contributed by atoms with E-state index in [1.54, 1.807) is 34.3 Å². The molecule has 0 saturated carbocycles. The van der Waals surface area contributed by atoms with Crippen molar-refractivity contribution in [1.82, 2.24) is 24.9 Å². The number of thiophene rings is 1. The Kier molecular flexibility index (Phi) is 6.30. The second-order valence-electron chi connectivity index (χ2n) is 7.17. The molecule has 1 N–H and O–H groups in total. The molecule has 1 atom stereocenters. The Morgan fingerprint density at radius 1 is 1.23 bits per heavy atom. The van der Waals surface area contributed by atoms with Crippen LogP contribution < -0.4 is 5.32 Å². The minimum atomic E-state index is 0.138. The molecule has 0 bridgehead atoms. The molecule has 0 fully saturated rings. The average Bonchev–Trinajstić information content (AvgIpc) is 3.46. The quantitative estimate of drug-likeness (QED) is 0.392. The Labute approximate surface area is 180 Å². The van der Waals surface area contributed by atoms with Gasteiger partial charge in [0.2, 0.25) is 0 Å². The topological polar surface area (TPSA) is 72.2 Å². The maximum atomic E-state index is 12.8. The smallest absolute Gasteiger partial charge is 0.165 e. The van der Waals surface area contributed by atoms with Crippen molar-refractivity contribution in [2.45, 2.75) is 39.2 Å². The van der Waals surface area contributed by atoms with Crippen molar-refractivity contribution in [3.05, 3.63) is 59.9 Å². The van der Waals surface area contributed by atoms with Gasteiger partial charge >= 0.3 is 0 Å². The highest BCUT2D eigenvalue weighted by molar-refractivity contribution is 7.13. The van der Waals surface area contributed by atoms with Crippen molar-refractivity contribution in [1.29, 1.82) is 0 Å². The lowest BCUT2D eigenvalue weighted by atomic mass is 10.0. The number of rotatable bonds is 9. The zero-order chi connectivity index (χ0) is 20.9. The number of hydrogen-bond acceptors (Lipinski definition) is 6. The Morgan fingerprint density at radius 2 is 2.13 bits per heavy atom. The van der Waals surface area contributed by atoms with Crippen LogP contribution in [0.25, 0.3) is 27.5 Å². The molecule has 4 aromatic rings. The fourth-order valence-corrected chi connectivity index (χ4v) is 4.25. The minimum absolute atomic E-state index is 0.138. The van der Waals surface area contributed by atoms with Crippen molar-refractivity contribution < 1.29 is 4.79 Å². The largest absolute Gasteiger partial charge is 0.314 e. The molecule has 0 radical (unpaired) electrons. The van der Waals surface area contributed by atoms with E-state index < -0.39 is 0 Å². The Balaban J connectivity index is 1.60. The van der Waals surface area contributed by atoms with Crippen molar-refractivity contribution in [3.63, 3.8) is 0 Å². The zero-order valence-electron chi connectivity index (χ0n) is 17.2. The van der Waals surface area contributed by atoms with Crippen molar-refractivity contribution in [3.8, 4) is 21.8 Å². The van der Waals surface area contributed by atoms with Crippen LogP contribution in [0.3, 0.4) is 0 Å². The van der Waals surface area contributed by atoms with Gasteiger partial charge in [-0.3, -0.25) is 9.78 Å². The molecule has 0 amide bonds. The van der Waals surface area contributed by atoms with E-state index >= 15 is 0 Å². The van der Waals surface area contributed by atoms with Crippen molar-refractivity contribution >= 4 is 22.8 Å². The highest BCUT2D eigenvalue weighted by Crippen LogP contribution is 2.27. The van der Waals surface area contributed by atoms with Crippen LogP contribution in [0.15, 0.2) is 54.3 Å². The molecule has 30 heavy (non-hydrogen) atoms. The average molecular weight is 420 g/mol. The summed E-state index contributed by atoms with van der Waals surface area (Å²) in [6.45, 7) is 5.15. The van der Waals surface area contributed by atoms with Crippen LogP contribution in [-0.4, -0.2) is 38.0 Å². The summed E-state index contributed by atoms with van der Waals surface area (Å²) in [5, 5.41) is 9.87. The number of aromatic nitrogens is 4. The number of fused-ring (bicyclic) bond motifs is 1. The second kappa shape index (κ2) is 9.28. The van der Waals surface area contributed by atoms with Gasteiger partial charge in [0.25, 0.3) is 0 Å². The summed E-state index contributed by atoms with van der Waals surface area (Å²) in [5.74, 6) is 0.138. The maximum Gasteiger partial charge on any atom is 0.165 e. The molecule has 4 rings (SSSR count). The lowest BCUT2D eigenvalue weighted by Crippen LogP contribution is -2.28. The number of carbonyl (C=O) groups is 1. The molecule has 0 saturated heterocycles. The number of carbonyl (C=O) groups excluding carboxylic acids is 1. The number of nitrogens with zero attached hydrogens (tertiary/aromatic N) is 4. The van der Waals surface area contributed by atoms with E-state index in [9.17, 15) is 4.79 Å². The first-order valence-corrected chi connectivity index (χ1v) is 11.2. The summed E-state index contributed by atoms with van der Waals surface area (Å²) < 4.78 is 1.74. The van der Waals surface area contributed by atoms with Crippen LogP contribution in [0.1, 0.15) is 43.5 Å². The van der Waals surface area contributed by atoms with Crippen LogP contribution in [0.4, 0.5) is 0 Å². The van der Waals surface area contributed by atoms with E-state index in [1.807, 2.05) is 35.8 Å². The van der Waals surface area contributed by atoms with Gasteiger partial charge in [0, 0.05) is 30.4 Å². The van der Waals surface area contributed by atoms with Gasteiger partial charge in [-0.15, -0.1) is 11.3 Å². The zero-order valence-corrected chi connectivity index (χ0v) is 18.0. The standard InChI is InChI=1S/C23H25N5OS/c1-3-17(24-4-2)7-8-21(29)16-9-11-25-20(14-16)18-15-26-28-12-10-19(27-23(18)28)22-6-5-13-30-22/h5-6,9-15,17,24H,3-4,7-8H2,1-2H3/t17-/m0/s1. The van der Waals surface area contributed by atoms with Gasteiger partial charge in [-0.1, -0.05) is 19.9 Å². The predicted molar refractivity (Wildman–Crippen MR) is 121 cm³/mol. The van der Waals surface area contributed by atoms with E-state index in [4.69, 9.17) is 4.98 Å². The molecular formula is C23H25N5OS. The van der Waals surface area contributed by atoms with Crippen LogP contribution in [0, 0.1) is 0 Å². The van der Waals surface area contributed by atoms with Crippen molar-refractivity contribution in [2.24, 2.45) is 0 Å². The van der Waals surface area contributed by atoms with Crippen LogP contribution >= 0.6 is 11.3 Å². The molecule has 154 valence electrons. The third-order valence-electron chi connectivity index (χ3n) is 5.21. The number of Topliss-reactive ketones (excluding diaryl/α,β-unsaturated/α-hetero) is 1. The Morgan fingerprint density at radius 3 is 2.90 bits per heavy atom. The lowest BCUT2D eigenvalue weighted by molar-refractivity contribution is 0.0975. The highest BCUT2D eigenvalue weighted by Gasteiger charge is 2.15. The molecule has 0 aliphatic heterocycles. The van der Waals surface area contributed by atoms with E-state index in [1.165, 1.54) is 0 Å². The van der Waals surface area contributed by atoms with Gasteiger partial charge < -0.3 is 5.32 Å². The highest BCUT2D eigenvalue weighted by atomic mass is 32.1.